The van der Waals surface area contributed by atoms with Gasteiger partial charge >= 0.3 is 0 Å². The molecule has 0 radical (unpaired) electrons. The number of hydrogen-bond acceptors (Lipinski definition) is 6. The molecule has 2 aliphatic rings. The normalized spacial score (nSPS) is 26.8. The number of aliphatic hydroxyl groups is 1. The van der Waals surface area contributed by atoms with Crippen LogP contribution in [0.15, 0.2) is 22.7 Å². The van der Waals surface area contributed by atoms with Crippen molar-refractivity contribution in [2.24, 2.45) is 5.92 Å². The topological polar surface area (TPSA) is 71.6 Å². The SMILES string of the molecule is CC#C[C@@]1(O)CC[C@@]2(CC)c3ccc(OCc4noc(CCN(C)C)n4)cc3CC[C@@H]2C1. The van der Waals surface area contributed by atoms with Crippen LogP contribution >= 0.6 is 0 Å². The van der Waals surface area contributed by atoms with Gasteiger partial charge in [0.15, 0.2) is 6.61 Å². The van der Waals surface area contributed by atoms with Crippen molar-refractivity contribution in [2.45, 2.75) is 76.4 Å². The van der Waals surface area contributed by atoms with E-state index in [1.54, 1.807) is 0 Å². The molecule has 1 aromatic carbocycles. The van der Waals surface area contributed by atoms with E-state index < -0.39 is 5.60 Å². The molecule has 6 nitrogen and oxygen atoms in total. The van der Waals surface area contributed by atoms with Gasteiger partial charge in [0.2, 0.25) is 11.7 Å². The zero-order chi connectivity index (χ0) is 22.8. The van der Waals surface area contributed by atoms with Crippen LogP contribution in [-0.2, 0) is 24.9 Å². The van der Waals surface area contributed by atoms with E-state index in [1.807, 2.05) is 21.0 Å². The van der Waals surface area contributed by atoms with Crippen molar-refractivity contribution in [3.63, 3.8) is 0 Å². The maximum absolute atomic E-state index is 10.9. The fourth-order valence-corrected chi connectivity index (χ4v) is 5.67. The number of aryl methyl sites for hydroxylation is 1. The predicted molar refractivity (Wildman–Crippen MR) is 123 cm³/mol. The lowest BCUT2D eigenvalue weighted by Crippen LogP contribution is -2.49. The fourth-order valence-electron chi connectivity index (χ4n) is 5.67. The lowest BCUT2D eigenvalue weighted by Gasteiger charge is -2.52. The molecule has 3 atom stereocenters. The summed E-state index contributed by atoms with van der Waals surface area (Å²) in [7, 11) is 4.04. The van der Waals surface area contributed by atoms with Crippen molar-refractivity contribution >= 4 is 0 Å². The Kier molecular flexibility index (Phi) is 6.60. The molecular weight excluding hydrogens is 402 g/mol. The third-order valence-electron chi connectivity index (χ3n) is 7.37. The van der Waals surface area contributed by atoms with Crippen LogP contribution in [0.4, 0.5) is 0 Å². The van der Waals surface area contributed by atoms with Crippen LogP contribution in [-0.4, -0.2) is 46.4 Å². The minimum Gasteiger partial charge on any atom is -0.485 e. The van der Waals surface area contributed by atoms with Gasteiger partial charge in [-0.15, -0.1) is 5.92 Å². The summed E-state index contributed by atoms with van der Waals surface area (Å²) in [5, 5.41) is 15.0. The first kappa shape index (κ1) is 22.8. The zero-order valence-corrected chi connectivity index (χ0v) is 19.8. The first-order valence-electron chi connectivity index (χ1n) is 11.8. The van der Waals surface area contributed by atoms with E-state index in [-0.39, 0.29) is 5.41 Å². The summed E-state index contributed by atoms with van der Waals surface area (Å²) in [6.45, 7) is 5.27. The summed E-state index contributed by atoms with van der Waals surface area (Å²) in [6.07, 6.45) is 6.39. The Morgan fingerprint density at radius 2 is 2.16 bits per heavy atom. The molecule has 2 aromatic rings. The van der Waals surface area contributed by atoms with Gasteiger partial charge in [0.1, 0.15) is 11.4 Å². The molecule has 0 bridgehead atoms. The summed E-state index contributed by atoms with van der Waals surface area (Å²) in [5.74, 6) is 8.54. The van der Waals surface area contributed by atoms with E-state index in [0.717, 1.165) is 57.2 Å². The zero-order valence-electron chi connectivity index (χ0n) is 19.8. The monoisotopic (exact) mass is 437 g/mol. The van der Waals surface area contributed by atoms with Crippen molar-refractivity contribution in [1.29, 1.82) is 0 Å². The molecule has 1 aromatic heterocycles. The molecule has 0 saturated heterocycles. The van der Waals surface area contributed by atoms with Crippen molar-refractivity contribution < 1.29 is 14.4 Å². The van der Waals surface area contributed by atoms with Gasteiger partial charge in [-0.1, -0.05) is 24.1 Å². The Balaban J connectivity index is 1.46. The second kappa shape index (κ2) is 9.25. The average Bonchev–Trinajstić information content (AvgIpc) is 3.24. The number of benzene rings is 1. The number of aromatic nitrogens is 2. The van der Waals surface area contributed by atoms with Crippen LogP contribution in [0.25, 0.3) is 0 Å². The molecule has 1 heterocycles. The molecular formula is C26H35N3O3. The number of ether oxygens (including phenoxy) is 1. The quantitative estimate of drug-likeness (QED) is 0.663. The van der Waals surface area contributed by atoms with Crippen LogP contribution < -0.4 is 4.74 Å². The minimum atomic E-state index is -0.825. The van der Waals surface area contributed by atoms with Gasteiger partial charge in [-0.3, -0.25) is 0 Å². The molecule has 32 heavy (non-hydrogen) atoms. The summed E-state index contributed by atoms with van der Waals surface area (Å²) in [4.78, 5) is 6.52. The van der Waals surface area contributed by atoms with Gasteiger partial charge in [0.25, 0.3) is 0 Å². The molecule has 6 heteroatoms. The van der Waals surface area contributed by atoms with Crippen molar-refractivity contribution in [1.82, 2.24) is 15.0 Å². The van der Waals surface area contributed by atoms with Gasteiger partial charge in [0.05, 0.1) is 0 Å². The molecule has 4 rings (SSSR count). The third kappa shape index (κ3) is 4.55. The highest BCUT2D eigenvalue weighted by atomic mass is 16.5. The molecule has 1 saturated carbocycles. The highest BCUT2D eigenvalue weighted by Gasteiger charge is 2.50. The molecule has 2 aliphatic carbocycles. The van der Waals surface area contributed by atoms with Crippen molar-refractivity contribution in [3.05, 3.63) is 41.0 Å². The Morgan fingerprint density at radius 1 is 1.31 bits per heavy atom. The van der Waals surface area contributed by atoms with Crippen molar-refractivity contribution in [2.75, 3.05) is 20.6 Å². The summed E-state index contributed by atoms with van der Waals surface area (Å²) in [5.41, 5.74) is 2.10. The van der Waals surface area contributed by atoms with Gasteiger partial charge < -0.3 is 19.3 Å². The highest BCUT2D eigenvalue weighted by molar-refractivity contribution is 5.44. The van der Waals surface area contributed by atoms with Crippen LogP contribution in [0.5, 0.6) is 5.75 Å². The van der Waals surface area contributed by atoms with Crippen LogP contribution in [0.2, 0.25) is 0 Å². The Hall–Kier alpha value is -2.36. The predicted octanol–water partition coefficient (Wildman–Crippen LogP) is 3.90. The summed E-state index contributed by atoms with van der Waals surface area (Å²) >= 11 is 0. The van der Waals surface area contributed by atoms with E-state index in [2.05, 4.69) is 52.0 Å². The fraction of sp³-hybridized carbons (Fsp3) is 0.615. The summed E-state index contributed by atoms with van der Waals surface area (Å²) < 4.78 is 11.3. The van der Waals surface area contributed by atoms with E-state index in [9.17, 15) is 5.11 Å². The molecule has 172 valence electrons. The average molecular weight is 438 g/mol. The number of nitrogens with zero attached hydrogens (tertiary/aromatic N) is 3. The maximum atomic E-state index is 10.9. The number of likely N-dealkylation sites (N-methyl/N-ethyl adjacent to an activating group) is 1. The molecule has 0 spiro atoms. The molecule has 0 unspecified atom stereocenters. The Bertz CT molecular complexity index is 1010. The highest BCUT2D eigenvalue weighted by Crippen LogP contribution is 2.54. The lowest BCUT2D eigenvalue weighted by atomic mass is 9.53. The molecule has 1 fully saturated rings. The van der Waals surface area contributed by atoms with E-state index in [0.29, 0.717) is 24.2 Å². The largest absolute Gasteiger partial charge is 0.485 e. The van der Waals surface area contributed by atoms with Gasteiger partial charge in [-0.25, -0.2) is 0 Å². The first-order chi connectivity index (χ1) is 15.4. The molecule has 1 N–H and O–H groups in total. The minimum absolute atomic E-state index is 0.128. The van der Waals surface area contributed by atoms with Crippen molar-refractivity contribution in [3.8, 4) is 17.6 Å². The lowest BCUT2D eigenvalue weighted by molar-refractivity contribution is -0.00926. The smallest absolute Gasteiger partial charge is 0.228 e. The summed E-state index contributed by atoms with van der Waals surface area (Å²) in [6, 6.07) is 6.50. The maximum Gasteiger partial charge on any atom is 0.228 e. The standard InChI is InChI=1S/C26H35N3O3/c1-5-12-25(30)13-14-26(6-2)20(17-25)8-7-19-16-21(9-10-22(19)26)31-18-23-27-24(32-28-23)11-15-29(3)4/h9-10,16,20,30H,6-8,11,13-15,17-18H2,1-4H3/t20-,25-,26-/m1/s1. The number of fused-ring (bicyclic) bond motifs is 3. The van der Waals surface area contributed by atoms with E-state index in [4.69, 9.17) is 9.26 Å². The number of rotatable bonds is 7. The third-order valence-corrected chi connectivity index (χ3v) is 7.37. The Morgan fingerprint density at radius 3 is 2.91 bits per heavy atom. The second-order valence-corrected chi connectivity index (χ2v) is 9.62. The molecule has 0 aliphatic heterocycles. The first-order valence-corrected chi connectivity index (χ1v) is 11.8. The second-order valence-electron chi connectivity index (χ2n) is 9.62. The van der Waals surface area contributed by atoms with Crippen LogP contribution in [0, 0.1) is 17.8 Å². The van der Waals surface area contributed by atoms with Crippen LogP contribution in [0.3, 0.4) is 0 Å². The van der Waals surface area contributed by atoms with E-state index >= 15 is 0 Å². The van der Waals surface area contributed by atoms with E-state index in [1.165, 1.54) is 11.1 Å². The van der Waals surface area contributed by atoms with Gasteiger partial charge in [-0.05, 0) is 94.1 Å². The Labute approximate surface area is 191 Å². The van der Waals surface area contributed by atoms with Gasteiger partial charge in [0, 0.05) is 13.0 Å². The van der Waals surface area contributed by atoms with Gasteiger partial charge in [-0.2, -0.15) is 4.98 Å². The molecule has 0 amide bonds. The van der Waals surface area contributed by atoms with Crippen LogP contribution in [0.1, 0.15) is 68.8 Å². The number of hydrogen-bond donors (Lipinski definition) is 1.